The topological polar surface area (TPSA) is 52.6 Å². The van der Waals surface area contributed by atoms with Crippen LogP contribution in [0.25, 0.3) is 0 Å². The maximum Gasteiger partial charge on any atom is 0.310 e. The quantitative estimate of drug-likeness (QED) is 0.412. The number of hydrogen-bond donors (Lipinski definition) is 0. The summed E-state index contributed by atoms with van der Waals surface area (Å²) in [5, 5.41) is 0. The van der Waals surface area contributed by atoms with Crippen molar-refractivity contribution < 1.29 is 19.1 Å². The Morgan fingerprint density at radius 3 is 1.72 bits per heavy atom. The lowest BCUT2D eigenvalue weighted by Gasteiger charge is -2.34. The lowest BCUT2D eigenvalue weighted by molar-refractivity contribution is -0.167. The first-order valence-corrected chi connectivity index (χ1v) is 11.6. The first kappa shape index (κ1) is 26.0. The first-order chi connectivity index (χ1) is 13.3. The molecule has 29 heavy (non-hydrogen) atoms. The van der Waals surface area contributed by atoms with Crippen molar-refractivity contribution in [1.82, 2.24) is 0 Å². The van der Waals surface area contributed by atoms with Crippen molar-refractivity contribution in [2.45, 2.75) is 100 Å². The monoisotopic (exact) mass is 410 g/mol. The molecule has 0 spiro atoms. The summed E-state index contributed by atoms with van der Waals surface area (Å²) in [6.45, 7) is 17.4. The molecule has 0 amide bonds. The zero-order valence-corrected chi connectivity index (χ0v) is 20.3. The van der Waals surface area contributed by atoms with E-state index in [0.29, 0.717) is 25.6 Å². The van der Waals surface area contributed by atoms with Crippen molar-refractivity contribution in [3.63, 3.8) is 0 Å². The van der Waals surface area contributed by atoms with Gasteiger partial charge in [-0.3, -0.25) is 9.59 Å². The van der Waals surface area contributed by atoms with E-state index in [-0.39, 0.29) is 34.6 Å². The van der Waals surface area contributed by atoms with Gasteiger partial charge in [0, 0.05) is 0 Å². The fourth-order valence-electron chi connectivity index (χ4n) is 3.91. The van der Waals surface area contributed by atoms with E-state index >= 15 is 0 Å². The summed E-state index contributed by atoms with van der Waals surface area (Å²) in [5.74, 6) is -0.516. The largest absolute Gasteiger partial charge is 0.465 e. The van der Waals surface area contributed by atoms with Crippen LogP contribution in [-0.4, -0.2) is 25.2 Å². The normalized spacial score (nSPS) is 18.4. The predicted molar refractivity (Wildman–Crippen MR) is 118 cm³/mol. The van der Waals surface area contributed by atoms with Gasteiger partial charge in [-0.1, -0.05) is 81.1 Å². The smallest absolute Gasteiger partial charge is 0.310 e. The van der Waals surface area contributed by atoms with E-state index in [9.17, 15) is 9.59 Å². The van der Waals surface area contributed by atoms with E-state index < -0.39 is 5.92 Å². The average molecular weight is 411 g/mol. The number of carbonyl (C=O) groups is 2. The van der Waals surface area contributed by atoms with Gasteiger partial charge in [0.25, 0.3) is 0 Å². The SMILES string of the molecule is CC(C)CCC(C(=O)OCC(C)(C)C)C(C(=O)OCC(C)(C)C)C1CCCCC1. The van der Waals surface area contributed by atoms with E-state index in [0.717, 1.165) is 32.1 Å². The van der Waals surface area contributed by atoms with Crippen LogP contribution in [0.15, 0.2) is 0 Å². The Labute approximate surface area is 179 Å². The molecule has 2 unspecified atom stereocenters. The van der Waals surface area contributed by atoms with E-state index in [4.69, 9.17) is 9.47 Å². The highest BCUT2D eigenvalue weighted by atomic mass is 16.5. The molecule has 0 N–H and O–H groups in total. The molecule has 1 fully saturated rings. The number of ether oxygens (including phenoxy) is 2. The van der Waals surface area contributed by atoms with Crippen molar-refractivity contribution in [3.8, 4) is 0 Å². The molecule has 0 bridgehead atoms. The maximum atomic E-state index is 13.3. The van der Waals surface area contributed by atoms with Gasteiger partial charge in [0.2, 0.25) is 0 Å². The zero-order valence-electron chi connectivity index (χ0n) is 20.3. The van der Waals surface area contributed by atoms with Gasteiger partial charge in [-0.2, -0.15) is 0 Å². The summed E-state index contributed by atoms with van der Waals surface area (Å²) in [4.78, 5) is 26.4. The van der Waals surface area contributed by atoms with Crippen LogP contribution in [0.5, 0.6) is 0 Å². The molecule has 2 atom stereocenters. The van der Waals surface area contributed by atoms with Crippen LogP contribution in [0, 0.1) is 34.5 Å². The highest BCUT2D eigenvalue weighted by molar-refractivity contribution is 5.82. The molecule has 0 aromatic rings. The van der Waals surface area contributed by atoms with E-state index in [1.54, 1.807) is 0 Å². The van der Waals surface area contributed by atoms with Crippen LogP contribution in [0.3, 0.4) is 0 Å². The molecular weight excluding hydrogens is 364 g/mol. The summed E-state index contributed by atoms with van der Waals surface area (Å²) in [6.07, 6.45) is 7.06. The van der Waals surface area contributed by atoms with Crippen LogP contribution < -0.4 is 0 Å². The van der Waals surface area contributed by atoms with Gasteiger partial charge in [-0.15, -0.1) is 0 Å². The molecule has 0 aromatic heterocycles. The average Bonchev–Trinajstić information content (AvgIpc) is 2.60. The molecule has 170 valence electrons. The number of hydrogen-bond acceptors (Lipinski definition) is 4. The van der Waals surface area contributed by atoms with Crippen LogP contribution in [0.4, 0.5) is 0 Å². The van der Waals surface area contributed by atoms with Gasteiger partial charge in [0.05, 0.1) is 25.0 Å². The first-order valence-electron chi connectivity index (χ1n) is 11.6. The molecule has 0 heterocycles. The predicted octanol–water partition coefficient (Wildman–Crippen LogP) is 6.41. The Kier molecular flexibility index (Phi) is 10.2. The molecule has 0 radical (unpaired) electrons. The van der Waals surface area contributed by atoms with Crippen LogP contribution in [0.1, 0.15) is 100 Å². The Hall–Kier alpha value is -1.06. The molecule has 1 aliphatic rings. The summed E-state index contributed by atoms with van der Waals surface area (Å²) < 4.78 is 11.5. The summed E-state index contributed by atoms with van der Waals surface area (Å²) in [7, 11) is 0. The lowest BCUT2D eigenvalue weighted by Crippen LogP contribution is -2.40. The van der Waals surface area contributed by atoms with E-state index in [1.165, 1.54) is 6.42 Å². The lowest BCUT2D eigenvalue weighted by atomic mass is 9.72. The Bertz CT molecular complexity index is 504. The second-order valence-electron chi connectivity index (χ2n) is 11.8. The van der Waals surface area contributed by atoms with Crippen LogP contribution in [0.2, 0.25) is 0 Å². The Morgan fingerprint density at radius 2 is 1.28 bits per heavy atom. The van der Waals surface area contributed by atoms with Gasteiger partial charge in [-0.05, 0) is 41.9 Å². The molecule has 0 aliphatic heterocycles. The fourth-order valence-corrected chi connectivity index (χ4v) is 3.91. The minimum Gasteiger partial charge on any atom is -0.465 e. The van der Waals surface area contributed by atoms with Crippen LogP contribution >= 0.6 is 0 Å². The van der Waals surface area contributed by atoms with Crippen molar-refractivity contribution in [2.24, 2.45) is 34.5 Å². The van der Waals surface area contributed by atoms with Crippen molar-refractivity contribution in [2.75, 3.05) is 13.2 Å². The Morgan fingerprint density at radius 1 is 0.793 bits per heavy atom. The second-order valence-corrected chi connectivity index (χ2v) is 11.8. The van der Waals surface area contributed by atoms with Gasteiger partial charge in [0.15, 0.2) is 0 Å². The number of esters is 2. The number of rotatable bonds is 9. The highest BCUT2D eigenvalue weighted by Crippen LogP contribution is 2.38. The van der Waals surface area contributed by atoms with Gasteiger partial charge in [0.1, 0.15) is 0 Å². The fraction of sp³-hybridized carbons (Fsp3) is 0.920. The summed E-state index contributed by atoms with van der Waals surface area (Å²) >= 11 is 0. The Balaban J connectivity index is 3.07. The van der Waals surface area contributed by atoms with Crippen LogP contribution in [-0.2, 0) is 19.1 Å². The minimum absolute atomic E-state index is 0.0903. The molecule has 0 aromatic carbocycles. The minimum atomic E-state index is -0.407. The third kappa shape index (κ3) is 10.5. The van der Waals surface area contributed by atoms with Gasteiger partial charge in [-0.25, -0.2) is 0 Å². The zero-order chi connectivity index (χ0) is 22.2. The molecule has 1 saturated carbocycles. The molecule has 1 rings (SSSR count). The van der Waals surface area contributed by atoms with Crippen molar-refractivity contribution in [1.29, 1.82) is 0 Å². The van der Waals surface area contributed by atoms with Gasteiger partial charge >= 0.3 is 11.9 Å². The van der Waals surface area contributed by atoms with E-state index in [1.807, 2.05) is 0 Å². The van der Waals surface area contributed by atoms with Crippen molar-refractivity contribution in [3.05, 3.63) is 0 Å². The standard InChI is InChI=1S/C25H46O4/c1-18(2)14-15-20(22(26)28-16-24(3,4)5)21(19-12-10-9-11-13-19)23(27)29-17-25(6,7)8/h18-21H,9-17H2,1-8H3. The molecule has 4 heteroatoms. The molecule has 0 saturated heterocycles. The molecule has 1 aliphatic carbocycles. The van der Waals surface area contributed by atoms with Crippen molar-refractivity contribution >= 4 is 11.9 Å². The van der Waals surface area contributed by atoms with Gasteiger partial charge < -0.3 is 9.47 Å². The second kappa shape index (κ2) is 11.4. The summed E-state index contributed by atoms with van der Waals surface area (Å²) in [6, 6.07) is 0. The number of carbonyl (C=O) groups excluding carboxylic acids is 2. The molecular formula is C25H46O4. The third-order valence-corrected chi connectivity index (χ3v) is 5.52. The third-order valence-electron chi connectivity index (χ3n) is 5.52. The van der Waals surface area contributed by atoms with E-state index in [2.05, 4.69) is 55.4 Å². The summed E-state index contributed by atoms with van der Waals surface area (Å²) in [5.41, 5.74) is -0.182. The highest BCUT2D eigenvalue weighted by Gasteiger charge is 2.42. The molecule has 4 nitrogen and oxygen atoms in total. The maximum absolute atomic E-state index is 13.3.